The van der Waals surface area contributed by atoms with E-state index in [9.17, 15) is 4.79 Å². The largest absolute Gasteiger partial charge is 0.485 e. The average molecular weight is 305 g/mol. The van der Waals surface area contributed by atoms with E-state index in [1.54, 1.807) is 0 Å². The quantitative estimate of drug-likeness (QED) is 0.628. The zero-order valence-corrected chi connectivity index (χ0v) is 12.6. The Labute approximate surface area is 135 Å². The lowest BCUT2D eigenvalue weighted by Gasteiger charge is -2.09. The van der Waals surface area contributed by atoms with E-state index >= 15 is 0 Å². The number of benzene rings is 3. The highest BCUT2D eigenvalue weighted by molar-refractivity contribution is 5.88. The highest BCUT2D eigenvalue weighted by Crippen LogP contribution is 2.25. The van der Waals surface area contributed by atoms with Gasteiger partial charge in [-0.15, -0.1) is 0 Å². The Hall–Kier alpha value is -2.81. The van der Waals surface area contributed by atoms with E-state index in [0.717, 1.165) is 22.1 Å². The van der Waals surface area contributed by atoms with Crippen LogP contribution in [0.2, 0.25) is 0 Å². The fourth-order valence-electron chi connectivity index (χ4n) is 2.29. The Balaban J connectivity index is 1.50. The van der Waals surface area contributed by atoms with Gasteiger partial charge >= 0.3 is 5.97 Å². The summed E-state index contributed by atoms with van der Waals surface area (Å²) in [4.78, 5) is 11.7. The maximum Gasteiger partial charge on any atom is 0.310 e. The second-order valence-corrected chi connectivity index (χ2v) is 5.11. The third-order valence-corrected chi connectivity index (χ3v) is 3.45. The van der Waals surface area contributed by atoms with Crippen molar-refractivity contribution in [2.75, 3.05) is 0 Å². The maximum atomic E-state index is 11.7. The first-order chi connectivity index (χ1) is 11.3. The molecule has 3 aromatic rings. The number of fused-ring (bicyclic) bond motifs is 1. The molecule has 0 aliphatic carbocycles. The first-order valence-corrected chi connectivity index (χ1v) is 7.48. The predicted molar refractivity (Wildman–Crippen MR) is 89.7 cm³/mol. The van der Waals surface area contributed by atoms with Crippen LogP contribution in [0.3, 0.4) is 0 Å². The number of hydrogen-bond acceptors (Lipinski definition) is 3. The zero-order chi connectivity index (χ0) is 15.9. The molecule has 0 saturated heterocycles. The molecule has 1 radical (unpaired) electrons. The molecule has 0 aliphatic heterocycles. The molecule has 0 unspecified atom stereocenters. The van der Waals surface area contributed by atoms with Crippen molar-refractivity contribution < 1.29 is 14.3 Å². The van der Waals surface area contributed by atoms with Crippen molar-refractivity contribution in [1.82, 2.24) is 0 Å². The van der Waals surface area contributed by atoms with Crippen molar-refractivity contribution in [2.45, 2.75) is 13.0 Å². The topological polar surface area (TPSA) is 35.5 Å². The van der Waals surface area contributed by atoms with E-state index in [4.69, 9.17) is 9.47 Å². The van der Waals surface area contributed by atoms with Crippen LogP contribution in [-0.4, -0.2) is 5.97 Å². The molecule has 0 aliphatic rings. The highest BCUT2D eigenvalue weighted by atomic mass is 16.5. The van der Waals surface area contributed by atoms with Gasteiger partial charge in [0.15, 0.2) is 0 Å². The molecule has 3 heteroatoms. The molecule has 23 heavy (non-hydrogen) atoms. The molecule has 0 heterocycles. The third-order valence-electron chi connectivity index (χ3n) is 3.45. The van der Waals surface area contributed by atoms with Crippen LogP contribution in [0.15, 0.2) is 72.8 Å². The Kier molecular flexibility index (Phi) is 4.89. The van der Waals surface area contributed by atoms with Gasteiger partial charge < -0.3 is 9.47 Å². The van der Waals surface area contributed by atoms with Gasteiger partial charge in [0.1, 0.15) is 19.0 Å². The number of carbonyl (C=O) groups excluding carboxylic acids is 1. The molecule has 0 fully saturated rings. The molecule has 0 saturated carbocycles. The summed E-state index contributed by atoms with van der Waals surface area (Å²) < 4.78 is 10.8. The number of ether oxygens (including phenoxy) is 2. The summed E-state index contributed by atoms with van der Waals surface area (Å²) in [5, 5.41) is 2.12. The highest BCUT2D eigenvalue weighted by Gasteiger charge is 2.06. The molecule has 3 rings (SSSR count). The van der Waals surface area contributed by atoms with Gasteiger partial charge in [0, 0.05) is 5.39 Å². The summed E-state index contributed by atoms with van der Waals surface area (Å²) in [5.41, 5.74) is 0.968. The fourth-order valence-corrected chi connectivity index (χ4v) is 2.29. The Morgan fingerprint density at radius 2 is 1.61 bits per heavy atom. The molecular weight excluding hydrogens is 288 g/mol. The van der Waals surface area contributed by atoms with E-state index in [-0.39, 0.29) is 19.0 Å². The minimum Gasteiger partial charge on any atom is -0.485 e. The Bertz CT molecular complexity index is 776. The Morgan fingerprint density at radius 1 is 0.870 bits per heavy atom. The van der Waals surface area contributed by atoms with Crippen molar-refractivity contribution in [3.63, 3.8) is 0 Å². The minimum absolute atomic E-state index is 0.107. The van der Waals surface area contributed by atoms with Gasteiger partial charge in [-0.25, -0.2) is 0 Å². The van der Waals surface area contributed by atoms with E-state index in [2.05, 4.69) is 0 Å². The molecule has 3 nitrogen and oxygen atoms in total. The second-order valence-electron chi connectivity index (χ2n) is 5.11. The molecule has 0 spiro atoms. The molecule has 0 amide bonds. The normalized spacial score (nSPS) is 10.4. The third kappa shape index (κ3) is 4.10. The monoisotopic (exact) mass is 305 g/mol. The summed E-state index contributed by atoms with van der Waals surface area (Å²) >= 11 is 0. The summed E-state index contributed by atoms with van der Waals surface area (Å²) in [6, 6.07) is 23.4. The molecule has 0 atom stereocenters. The van der Waals surface area contributed by atoms with Crippen LogP contribution in [0.5, 0.6) is 5.75 Å². The van der Waals surface area contributed by atoms with Gasteiger partial charge in [-0.05, 0) is 17.0 Å². The summed E-state index contributed by atoms with van der Waals surface area (Å²) in [6.07, 6.45) is 0.107. The molecular formula is C20H17O3. The first-order valence-electron chi connectivity index (χ1n) is 7.48. The van der Waals surface area contributed by atoms with Gasteiger partial charge in [0.2, 0.25) is 0 Å². The lowest BCUT2D eigenvalue weighted by molar-refractivity contribution is -0.144. The van der Waals surface area contributed by atoms with Gasteiger partial charge in [-0.3, -0.25) is 4.79 Å². The molecule has 0 N–H and O–H groups in total. The van der Waals surface area contributed by atoms with E-state index in [1.807, 2.05) is 72.8 Å². The smallest absolute Gasteiger partial charge is 0.310 e. The van der Waals surface area contributed by atoms with Gasteiger partial charge in [-0.2, -0.15) is 0 Å². The number of rotatable bonds is 6. The molecule has 0 aromatic heterocycles. The van der Waals surface area contributed by atoms with Gasteiger partial charge in [-0.1, -0.05) is 66.7 Å². The number of carbonyl (C=O) groups is 1. The number of hydrogen-bond donors (Lipinski definition) is 0. The van der Waals surface area contributed by atoms with E-state index < -0.39 is 0 Å². The predicted octanol–water partition coefficient (Wildman–Crippen LogP) is 4.51. The van der Waals surface area contributed by atoms with Crippen LogP contribution in [-0.2, 0) is 16.1 Å². The molecule has 115 valence electrons. The SMILES string of the molecule is O=C(C[CH]Oc1cccc2ccccc12)OCc1ccccc1. The standard InChI is InChI=1S/C20H17O3/c21-20(23-15-16-7-2-1-3-8-16)13-14-22-19-12-6-10-17-9-4-5-11-18(17)19/h1-12,14H,13,15H2. The summed E-state index contributed by atoms with van der Waals surface area (Å²) in [5.74, 6) is 0.424. The lowest BCUT2D eigenvalue weighted by Crippen LogP contribution is -2.06. The zero-order valence-electron chi connectivity index (χ0n) is 12.6. The fraction of sp³-hybridized carbons (Fsp3) is 0.100. The van der Waals surface area contributed by atoms with Crippen LogP contribution in [0.1, 0.15) is 12.0 Å². The Morgan fingerprint density at radius 3 is 2.48 bits per heavy atom. The summed E-state index contributed by atoms with van der Waals surface area (Å²) in [6.45, 7) is 1.76. The second kappa shape index (κ2) is 7.45. The van der Waals surface area contributed by atoms with Crippen LogP contribution in [0.25, 0.3) is 10.8 Å². The number of esters is 1. The van der Waals surface area contributed by atoms with Gasteiger partial charge in [0.05, 0.1) is 6.42 Å². The first kappa shape index (κ1) is 15.1. The van der Waals surface area contributed by atoms with E-state index in [1.165, 1.54) is 6.61 Å². The van der Waals surface area contributed by atoms with Crippen LogP contribution < -0.4 is 4.74 Å². The van der Waals surface area contributed by atoms with Crippen LogP contribution >= 0.6 is 0 Å². The van der Waals surface area contributed by atoms with Crippen molar-refractivity contribution in [2.24, 2.45) is 0 Å². The minimum atomic E-state index is -0.311. The van der Waals surface area contributed by atoms with Crippen LogP contribution in [0, 0.1) is 6.61 Å². The summed E-state index contributed by atoms with van der Waals surface area (Å²) in [7, 11) is 0. The van der Waals surface area contributed by atoms with Crippen LogP contribution in [0.4, 0.5) is 0 Å². The lowest BCUT2D eigenvalue weighted by atomic mass is 10.1. The average Bonchev–Trinajstić information content (AvgIpc) is 2.61. The van der Waals surface area contributed by atoms with Gasteiger partial charge in [0.25, 0.3) is 0 Å². The maximum absolute atomic E-state index is 11.7. The molecule has 0 bridgehead atoms. The van der Waals surface area contributed by atoms with Crippen molar-refractivity contribution >= 4 is 16.7 Å². The van der Waals surface area contributed by atoms with Crippen molar-refractivity contribution in [3.05, 3.63) is 85.0 Å². The van der Waals surface area contributed by atoms with Crippen molar-refractivity contribution in [3.8, 4) is 5.75 Å². The van der Waals surface area contributed by atoms with E-state index in [0.29, 0.717) is 0 Å². The van der Waals surface area contributed by atoms with Crippen molar-refractivity contribution in [1.29, 1.82) is 0 Å². The molecule has 3 aromatic carbocycles.